The van der Waals surface area contributed by atoms with Gasteiger partial charge in [0.15, 0.2) is 0 Å². The van der Waals surface area contributed by atoms with Crippen molar-refractivity contribution < 1.29 is 20.1 Å². The normalized spacial score (nSPS) is 12.9. The fourth-order valence-electron chi connectivity index (χ4n) is 6.35. The molecular weight excluding hydrogens is 749 g/mol. The SMILES string of the molecule is [Ir].[c-]1ccc(-c2ccccc2)cc1-c1cc2ccccc2cn1.[c-]1ccccc1-c1cc(-c2ccc(C3CCCCC3)cc2)ccn1. The van der Waals surface area contributed by atoms with Gasteiger partial charge < -0.3 is 9.97 Å². The molecule has 0 saturated heterocycles. The molecule has 0 atom stereocenters. The Morgan fingerprint density at radius 1 is 0.489 bits per heavy atom. The van der Waals surface area contributed by atoms with Gasteiger partial charge in [-0.15, -0.1) is 71.3 Å². The van der Waals surface area contributed by atoms with Gasteiger partial charge in [-0.3, -0.25) is 0 Å². The molecule has 2 heterocycles. The summed E-state index contributed by atoms with van der Waals surface area (Å²) in [6.45, 7) is 0. The molecule has 2 nitrogen and oxygen atoms in total. The predicted octanol–water partition coefficient (Wildman–Crippen LogP) is 11.6. The molecule has 0 bridgehead atoms. The van der Waals surface area contributed by atoms with E-state index in [0.717, 1.165) is 33.8 Å². The van der Waals surface area contributed by atoms with Gasteiger partial charge in [-0.05, 0) is 69.2 Å². The van der Waals surface area contributed by atoms with E-state index in [4.69, 9.17) is 0 Å². The van der Waals surface area contributed by atoms with Crippen LogP contribution in [0.2, 0.25) is 0 Å². The first-order chi connectivity index (χ1) is 22.8. The number of aromatic nitrogens is 2. The fraction of sp³-hybridized carbons (Fsp3) is 0.136. The molecule has 0 unspecified atom stereocenters. The first kappa shape index (κ1) is 32.3. The van der Waals surface area contributed by atoms with Crippen LogP contribution in [-0.2, 0) is 20.1 Å². The van der Waals surface area contributed by atoms with Crippen LogP contribution in [0.5, 0.6) is 0 Å². The Morgan fingerprint density at radius 3 is 1.96 bits per heavy atom. The summed E-state index contributed by atoms with van der Waals surface area (Å²) in [5.41, 5.74) is 10.4. The second-order valence-corrected chi connectivity index (χ2v) is 11.9. The van der Waals surface area contributed by atoms with E-state index in [9.17, 15) is 0 Å². The van der Waals surface area contributed by atoms with Crippen molar-refractivity contribution in [3.8, 4) is 44.8 Å². The van der Waals surface area contributed by atoms with Gasteiger partial charge in [-0.25, -0.2) is 0 Å². The number of pyridine rings is 2. The van der Waals surface area contributed by atoms with Crippen molar-refractivity contribution in [2.75, 3.05) is 0 Å². The van der Waals surface area contributed by atoms with E-state index in [1.165, 1.54) is 65.3 Å². The molecular formula is C44H36IrN2-2. The standard InChI is InChI=1S/C23H22N.C21H14N.Ir/c1-3-7-18(8-4-1)19-11-13-20(14-12-19)22-15-16-24-23(17-22)21-9-5-2-6-10-21;1-2-7-16(8-3-1)17-11-6-12-19(13-17)21-14-18-9-4-5-10-20(18)15-22-21;/h2,5-6,9,11-18H,1,3-4,7-8H2;1-11,13-15H;/q2*-1;. The van der Waals surface area contributed by atoms with E-state index >= 15 is 0 Å². The summed E-state index contributed by atoms with van der Waals surface area (Å²) in [5.74, 6) is 0.764. The topological polar surface area (TPSA) is 25.8 Å². The summed E-state index contributed by atoms with van der Waals surface area (Å²) in [5, 5.41) is 2.36. The molecule has 3 heteroatoms. The van der Waals surface area contributed by atoms with Gasteiger partial charge in [0.1, 0.15) is 0 Å². The number of hydrogen-bond acceptors (Lipinski definition) is 2. The molecule has 1 saturated carbocycles. The molecule has 0 amide bonds. The summed E-state index contributed by atoms with van der Waals surface area (Å²) < 4.78 is 0. The monoisotopic (exact) mass is 785 g/mol. The summed E-state index contributed by atoms with van der Waals surface area (Å²) in [6.07, 6.45) is 10.7. The van der Waals surface area contributed by atoms with Crippen molar-refractivity contribution in [3.05, 3.63) is 170 Å². The maximum atomic E-state index is 4.58. The number of rotatable bonds is 5. The minimum atomic E-state index is 0. The van der Waals surface area contributed by atoms with Crippen LogP contribution in [-0.4, -0.2) is 9.97 Å². The maximum absolute atomic E-state index is 4.58. The summed E-state index contributed by atoms with van der Waals surface area (Å²) in [4.78, 5) is 9.08. The molecule has 2 aromatic heterocycles. The van der Waals surface area contributed by atoms with Crippen LogP contribution in [0.1, 0.15) is 43.6 Å². The second-order valence-electron chi connectivity index (χ2n) is 11.9. The summed E-state index contributed by atoms with van der Waals surface area (Å²) >= 11 is 0. The number of hydrogen-bond donors (Lipinski definition) is 0. The molecule has 8 rings (SSSR count). The van der Waals surface area contributed by atoms with Gasteiger partial charge in [-0.2, -0.15) is 0 Å². The summed E-state index contributed by atoms with van der Waals surface area (Å²) in [6, 6.07) is 54.9. The third kappa shape index (κ3) is 8.00. The average molecular weight is 785 g/mol. The molecule has 1 radical (unpaired) electrons. The molecule has 1 aliphatic rings. The predicted molar refractivity (Wildman–Crippen MR) is 191 cm³/mol. The van der Waals surface area contributed by atoms with Gasteiger partial charge >= 0.3 is 0 Å². The van der Waals surface area contributed by atoms with Crippen molar-refractivity contribution in [2.24, 2.45) is 0 Å². The molecule has 0 N–H and O–H groups in total. The fourth-order valence-corrected chi connectivity index (χ4v) is 6.35. The average Bonchev–Trinajstić information content (AvgIpc) is 3.16. The van der Waals surface area contributed by atoms with Crippen molar-refractivity contribution in [1.29, 1.82) is 0 Å². The van der Waals surface area contributed by atoms with E-state index in [2.05, 4.69) is 125 Å². The first-order valence-electron chi connectivity index (χ1n) is 16.3. The molecule has 5 aromatic carbocycles. The van der Waals surface area contributed by atoms with Crippen molar-refractivity contribution in [2.45, 2.75) is 38.0 Å². The smallest absolute Gasteiger partial charge is 0.0239 e. The summed E-state index contributed by atoms with van der Waals surface area (Å²) in [7, 11) is 0. The Morgan fingerprint density at radius 2 is 1.17 bits per heavy atom. The maximum Gasteiger partial charge on any atom is 0.0239 e. The minimum Gasteiger partial charge on any atom is -0.305 e. The molecule has 1 aliphatic carbocycles. The third-order valence-electron chi connectivity index (χ3n) is 8.88. The van der Waals surface area contributed by atoms with Crippen LogP contribution in [0.15, 0.2) is 152 Å². The van der Waals surface area contributed by atoms with Crippen LogP contribution >= 0.6 is 0 Å². The van der Waals surface area contributed by atoms with Crippen molar-refractivity contribution >= 4 is 10.8 Å². The van der Waals surface area contributed by atoms with Gasteiger partial charge in [0.25, 0.3) is 0 Å². The molecule has 0 aliphatic heterocycles. The zero-order valence-corrected chi connectivity index (χ0v) is 28.7. The van der Waals surface area contributed by atoms with Crippen molar-refractivity contribution in [1.82, 2.24) is 9.97 Å². The molecule has 1 fully saturated rings. The van der Waals surface area contributed by atoms with Crippen molar-refractivity contribution in [3.63, 3.8) is 0 Å². The third-order valence-corrected chi connectivity index (χ3v) is 8.88. The Bertz CT molecular complexity index is 2020. The van der Waals surface area contributed by atoms with E-state index in [-0.39, 0.29) is 20.1 Å². The first-order valence-corrected chi connectivity index (χ1v) is 16.3. The van der Waals surface area contributed by atoms with E-state index in [0.29, 0.717) is 0 Å². The van der Waals surface area contributed by atoms with E-state index in [1.54, 1.807) is 0 Å². The Hall–Kier alpha value is -4.69. The van der Waals surface area contributed by atoms with Crippen LogP contribution in [0, 0.1) is 12.1 Å². The largest absolute Gasteiger partial charge is 0.305 e. The molecule has 0 spiro atoms. The van der Waals surface area contributed by atoms with Crippen LogP contribution in [0.25, 0.3) is 55.5 Å². The number of fused-ring (bicyclic) bond motifs is 1. The van der Waals surface area contributed by atoms with E-state index < -0.39 is 0 Å². The van der Waals surface area contributed by atoms with Gasteiger partial charge in [-0.1, -0.05) is 110 Å². The van der Waals surface area contributed by atoms with Crippen LogP contribution < -0.4 is 0 Å². The van der Waals surface area contributed by atoms with Gasteiger partial charge in [0, 0.05) is 32.5 Å². The van der Waals surface area contributed by atoms with E-state index in [1.807, 2.05) is 48.8 Å². The second kappa shape index (κ2) is 15.7. The van der Waals surface area contributed by atoms with Gasteiger partial charge in [0.05, 0.1) is 0 Å². The van der Waals surface area contributed by atoms with Gasteiger partial charge in [0.2, 0.25) is 0 Å². The van der Waals surface area contributed by atoms with Crippen LogP contribution in [0.4, 0.5) is 0 Å². The zero-order chi connectivity index (χ0) is 31.0. The zero-order valence-electron chi connectivity index (χ0n) is 26.3. The molecule has 233 valence electrons. The Balaban J connectivity index is 0.000000161. The Kier molecular flexibility index (Phi) is 10.8. The molecule has 47 heavy (non-hydrogen) atoms. The Labute approximate surface area is 292 Å². The number of benzene rings is 5. The molecule has 7 aromatic rings. The number of nitrogens with zero attached hydrogens (tertiary/aromatic N) is 2. The minimum absolute atomic E-state index is 0. The van der Waals surface area contributed by atoms with Crippen LogP contribution in [0.3, 0.4) is 0 Å². The quantitative estimate of drug-likeness (QED) is 0.163.